The molecule has 0 unspecified atom stereocenters. The first-order chi connectivity index (χ1) is 58.1. The third kappa shape index (κ3) is 27.2. The summed E-state index contributed by atoms with van der Waals surface area (Å²) < 4.78 is 8.07. The summed E-state index contributed by atoms with van der Waals surface area (Å²) in [5.41, 5.74) is 10.8. The standard InChI is InChI=1S/C55H54Br2N6S4.C21H29Br2N3S2.C17H16Br2N6S4/c1-51(2,3)64-47-58-45(59-48(62-47)65-52(4,5)6)31-21-25-33(26-22-31)55(34-27-23-32(24-28-34)46-60-49(66-53(7,8)9)63-50(61-46)67-54(10,11)12)39-29-41(56)35-17-13-15-19-37(35)43(39)44-38-20-16-14-18-36(38)42(57)30-40(44)55;1-20(2,3)27-18-24-17(25-19(26-18)28-21(4,5)6)10-8-7-9-14-13-15(22)11-12-16(14)23;18-10-3-4-11(19)9(7-10)2-1-8(5-12-20-14(26)24-15(27)21-12)6-13-22-16(28)25-17(29)23-13/h13-30H,1-12H3;11-13H,7-10H2,1-6H3;3-4,7-8H,1-2,5-6H2,(H2,20,21,24,26,27)(H2,22,23,25,28,29). The van der Waals surface area contributed by atoms with Crippen molar-refractivity contribution in [2.75, 3.05) is 0 Å². The Morgan fingerprint density at radius 3 is 1.00 bits per heavy atom. The molecule has 0 amide bonds. The van der Waals surface area contributed by atoms with Gasteiger partial charge in [-0.05, 0) is 201 Å². The van der Waals surface area contributed by atoms with E-state index in [4.69, 9.17) is 93.7 Å². The van der Waals surface area contributed by atoms with Gasteiger partial charge in [-0.2, -0.15) is 15.0 Å². The SMILES string of the molecule is CC(C)(C)Sc1nc(CCCCc2cc(Br)ccc2Br)nc(SC(C)(C)C)n1.CC(C)(C)Sc1nc(SC(C)(C)C)nc(-c2ccc(C3(c4ccc(-c5nc(SC(C)(C)C)nc(SC(C)(C)C)n5)cc4)c4cc(Br)c5ccccc5c4-c4c3cc(Br)c3ccccc43)cc2)n1.S=c1nc(CC(CCc2cc(Br)ccc2Br)Cc2nc(=S)[nH]c(=S)[nH]2)[nH]c(=S)[nH]1. The van der Waals surface area contributed by atoms with Gasteiger partial charge in [0.05, 0.1) is 5.41 Å². The molecular formula is C93H99Br6N15S10. The van der Waals surface area contributed by atoms with Gasteiger partial charge in [-0.25, -0.2) is 39.9 Å². The monoisotopic (exact) mass is 2220 g/mol. The van der Waals surface area contributed by atoms with E-state index in [9.17, 15) is 0 Å². The van der Waals surface area contributed by atoms with Crippen molar-refractivity contribution in [3.8, 4) is 33.9 Å². The average molecular weight is 2230 g/mol. The van der Waals surface area contributed by atoms with Gasteiger partial charge in [0.15, 0.2) is 52.1 Å². The van der Waals surface area contributed by atoms with Gasteiger partial charge < -0.3 is 19.9 Å². The quantitative estimate of drug-likeness (QED) is 0.0283. The van der Waals surface area contributed by atoms with Crippen LogP contribution < -0.4 is 0 Å². The maximum Gasteiger partial charge on any atom is 0.200 e. The summed E-state index contributed by atoms with van der Waals surface area (Å²) in [6.07, 6.45) is 7.19. The van der Waals surface area contributed by atoms with E-state index < -0.39 is 5.41 Å². The number of halogens is 6. The van der Waals surface area contributed by atoms with Gasteiger partial charge in [0.1, 0.15) is 17.5 Å². The number of thioether (sulfide) groups is 6. The number of aromatic amines is 4. The molecular weight excluding hydrogens is 2130 g/mol. The Balaban J connectivity index is 0.000000202. The molecule has 0 radical (unpaired) electrons. The summed E-state index contributed by atoms with van der Waals surface area (Å²) in [5, 5.41) is 9.31. The zero-order valence-corrected chi connectivity index (χ0v) is 90.0. The molecule has 0 atom stereocenters. The minimum atomic E-state index is -0.750. The molecule has 648 valence electrons. The highest BCUT2D eigenvalue weighted by Crippen LogP contribution is 2.61. The van der Waals surface area contributed by atoms with Crippen LogP contribution in [-0.4, -0.2) is 103 Å². The Morgan fingerprint density at radius 1 is 0.339 bits per heavy atom. The molecule has 0 saturated heterocycles. The van der Waals surface area contributed by atoms with Crippen LogP contribution in [0.5, 0.6) is 0 Å². The number of hydrogen-bond donors (Lipinski definition) is 4. The van der Waals surface area contributed by atoms with Crippen molar-refractivity contribution in [1.29, 1.82) is 0 Å². The molecule has 1 aliphatic carbocycles. The van der Waals surface area contributed by atoms with Crippen LogP contribution in [0.2, 0.25) is 0 Å². The average Bonchev–Trinajstić information content (AvgIpc) is 1.51. The maximum absolute atomic E-state index is 5.20. The minimum Gasteiger partial charge on any atom is -0.321 e. The number of nitrogens with zero attached hydrogens (tertiary/aromatic N) is 11. The van der Waals surface area contributed by atoms with E-state index in [1.807, 2.05) is 12.1 Å². The predicted molar refractivity (Wildman–Crippen MR) is 554 cm³/mol. The van der Waals surface area contributed by atoms with Crippen molar-refractivity contribution in [1.82, 2.24) is 74.8 Å². The van der Waals surface area contributed by atoms with E-state index in [0.717, 1.165) is 132 Å². The largest absolute Gasteiger partial charge is 0.321 e. The molecule has 5 heterocycles. The van der Waals surface area contributed by atoms with E-state index in [2.05, 4.69) is 384 Å². The summed E-state index contributed by atoms with van der Waals surface area (Å²) in [4.78, 5) is 64.9. The Labute approximate surface area is 824 Å². The van der Waals surface area contributed by atoms with Gasteiger partial charge in [-0.3, -0.25) is 0 Å². The third-order valence-electron chi connectivity index (χ3n) is 18.7. The van der Waals surface area contributed by atoms with Crippen molar-refractivity contribution in [2.45, 2.75) is 241 Å². The highest BCUT2D eigenvalue weighted by atomic mass is 79.9. The number of hydrogen-bond acceptors (Lipinski definition) is 21. The van der Waals surface area contributed by atoms with Gasteiger partial charge in [0, 0.05) is 85.7 Å². The lowest BCUT2D eigenvalue weighted by atomic mass is 9.67. The van der Waals surface area contributed by atoms with Gasteiger partial charge in [-0.1, -0.05) is 388 Å². The van der Waals surface area contributed by atoms with E-state index in [1.54, 1.807) is 70.6 Å². The minimum absolute atomic E-state index is 0.0703. The number of aromatic nitrogens is 15. The van der Waals surface area contributed by atoms with E-state index in [0.29, 0.717) is 43.6 Å². The molecule has 4 N–H and O–H groups in total. The molecule has 31 heteroatoms. The Morgan fingerprint density at radius 2 is 0.661 bits per heavy atom. The van der Waals surface area contributed by atoms with Crippen LogP contribution in [0.15, 0.2) is 203 Å². The molecule has 13 aromatic rings. The lowest BCUT2D eigenvalue weighted by Gasteiger charge is -2.34. The Hall–Kier alpha value is -4.81. The molecule has 8 aromatic carbocycles. The zero-order chi connectivity index (χ0) is 89.8. The van der Waals surface area contributed by atoms with Crippen molar-refractivity contribution in [2.24, 2.45) is 5.92 Å². The molecule has 0 bridgehead atoms. The summed E-state index contributed by atoms with van der Waals surface area (Å²) >= 11 is 53.3. The van der Waals surface area contributed by atoms with Crippen LogP contribution in [0.4, 0.5) is 0 Å². The van der Waals surface area contributed by atoms with Gasteiger partial charge >= 0.3 is 0 Å². The van der Waals surface area contributed by atoms with Crippen LogP contribution >= 0.6 is 215 Å². The highest BCUT2D eigenvalue weighted by molar-refractivity contribution is 9.11. The van der Waals surface area contributed by atoms with Gasteiger partial charge in [0.25, 0.3) is 0 Å². The maximum atomic E-state index is 5.20. The molecule has 15 nitrogen and oxygen atoms in total. The van der Waals surface area contributed by atoms with Crippen LogP contribution in [0.25, 0.3) is 55.4 Å². The fourth-order valence-electron chi connectivity index (χ4n) is 14.1. The van der Waals surface area contributed by atoms with Gasteiger partial charge in [-0.15, -0.1) is 0 Å². The number of fused-ring (bicyclic) bond motifs is 7. The number of benzene rings is 8. The smallest absolute Gasteiger partial charge is 0.200 e. The van der Waals surface area contributed by atoms with E-state index >= 15 is 0 Å². The van der Waals surface area contributed by atoms with Crippen molar-refractivity contribution < 1.29 is 0 Å². The predicted octanol–water partition coefficient (Wildman–Crippen LogP) is 31.2. The topological polar surface area (TPSA) is 205 Å². The summed E-state index contributed by atoms with van der Waals surface area (Å²) in [5.74, 6) is 3.94. The second-order valence-corrected chi connectivity index (χ2v) is 53.6. The lowest BCUT2D eigenvalue weighted by molar-refractivity contribution is 0.456. The zero-order valence-electron chi connectivity index (χ0n) is 72.4. The van der Waals surface area contributed by atoms with E-state index in [1.165, 1.54) is 59.4 Å². The first kappa shape index (κ1) is 98.2. The molecule has 1 aliphatic rings. The highest BCUT2D eigenvalue weighted by Gasteiger charge is 2.48. The van der Waals surface area contributed by atoms with Gasteiger partial charge in [0.2, 0.25) is 9.54 Å². The Bertz CT molecular complexity index is 5880. The molecule has 0 spiro atoms. The van der Waals surface area contributed by atoms with Crippen molar-refractivity contribution in [3.63, 3.8) is 0 Å². The third-order valence-corrected chi connectivity index (χ3v) is 29.2. The number of unbranched alkanes of at least 4 members (excludes halogenated alkanes) is 1. The second kappa shape index (κ2) is 41.3. The van der Waals surface area contributed by atoms with E-state index in [-0.39, 0.29) is 34.4 Å². The molecule has 14 rings (SSSR count). The number of rotatable bonds is 22. The second-order valence-electron chi connectivity index (χ2n) is 36.0. The van der Waals surface area contributed by atoms with Crippen LogP contribution in [0.3, 0.4) is 0 Å². The normalized spacial score (nSPS) is 12.9. The Kier molecular flexibility index (Phi) is 32.7. The first-order valence-electron chi connectivity index (χ1n) is 40.5. The number of aryl methyl sites for hydroxylation is 3. The van der Waals surface area contributed by atoms with Crippen molar-refractivity contribution >= 4 is 237 Å². The summed E-state index contributed by atoms with van der Waals surface area (Å²) in [7, 11) is 0. The lowest BCUT2D eigenvalue weighted by Crippen LogP contribution is -2.28. The molecule has 124 heavy (non-hydrogen) atoms. The summed E-state index contributed by atoms with van der Waals surface area (Å²) in [6, 6.07) is 52.6. The first-order valence-corrected chi connectivity index (χ1v) is 51.8. The molecule has 5 aromatic heterocycles. The molecule has 0 aliphatic heterocycles. The fraction of sp³-hybridized carbons (Fsp3) is 0.366. The van der Waals surface area contributed by atoms with Crippen molar-refractivity contribution in [3.05, 3.63) is 242 Å². The number of H-pyrrole nitrogens is 4. The number of nitrogens with one attached hydrogen (secondary N) is 4. The summed E-state index contributed by atoms with van der Waals surface area (Å²) in [6.45, 7) is 39.4. The molecule has 0 saturated carbocycles. The van der Waals surface area contributed by atoms with Crippen LogP contribution in [0, 0.1) is 25.0 Å². The fourth-order valence-corrected chi connectivity index (χ4v) is 23.0. The van der Waals surface area contributed by atoms with Crippen LogP contribution in [0.1, 0.15) is 195 Å². The molecule has 0 fully saturated rings. The van der Waals surface area contributed by atoms with Crippen LogP contribution in [-0.2, 0) is 37.5 Å².